The van der Waals surface area contributed by atoms with Crippen LogP contribution in [-0.4, -0.2) is 30.1 Å². The second kappa shape index (κ2) is 7.14. The van der Waals surface area contributed by atoms with E-state index in [4.69, 9.17) is 0 Å². The van der Waals surface area contributed by atoms with E-state index < -0.39 is 7.26 Å². The summed E-state index contributed by atoms with van der Waals surface area (Å²) in [5.41, 5.74) is 2.11. The van der Waals surface area contributed by atoms with Gasteiger partial charge in [0.2, 0.25) is 0 Å². The Bertz CT molecular complexity index is 470. The zero-order valence-electron chi connectivity index (χ0n) is 17.2. The summed E-state index contributed by atoms with van der Waals surface area (Å²) in [6.45, 7) is 19.7. The van der Waals surface area contributed by atoms with Gasteiger partial charge in [-0.3, -0.25) is 0 Å². The van der Waals surface area contributed by atoms with E-state index in [1.54, 1.807) is 5.30 Å². The van der Waals surface area contributed by atoms with Crippen LogP contribution in [-0.2, 0) is 0 Å². The number of benzene rings is 1. The first-order valence-corrected chi connectivity index (χ1v) is 11.3. The Hall–Kier alpha value is -0.550. The SMILES string of the molecule is CCC(CC)[PH](c1ccc(N(C)C)cc1)(C(C)(C)C)C(C)(C)C. The van der Waals surface area contributed by atoms with E-state index in [9.17, 15) is 0 Å². The Morgan fingerprint density at radius 2 is 1.22 bits per heavy atom. The van der Waals surface area contributed by atoms with E-state index >= 15 is 0 Å². The van der Waals surface area contributed by atoms with E-state index in [0.717, 1.165) is 5.66 Å². The topological polar surface area (TPSA) is 3.24 Å². The average Bonchev–Trinajstić information content (AvgIpc) is 2.41. The van der Waals surface area contributed by atoms with Crippen LogP contribution in [0, 0.1) is 0 Å². The van der Waals surface area contributed by atoms with E-state index in [-0.39, 0.29) is 0 Å². The molecule has 0 N–H and O–H groups in total. The van der Waals surface area contributed by atoms with Crippen LogP contribution in [0.15, 0.2) is 24.3 Å². The minimum atomic E-state index is -1.78. The van der Waals surface area contributed by atoms with Crippen LogP contribution in [0.4, 0.5) is 5.69 Å². The van der Waals surface area contributed by atoms with Crippen molar-refractivity contribution in [2.24, 2.45) is 0 Å². The van der Waals surface area contributed by atoms with Crippen molar-refractivity contribution in [1.29, 1.82) is 0 Å². The van der Waals surface area contributed by atoms with Gasteiger partial charge in [0, 0.05) is 0 Å². The maximum atomic E-state index is 2.49. The van der Waals surface area contributed by atoms with Gasteiger partial charge in [-0.1, -0.05) is 0 Å². The molecule has 0 saturated carbocycles. The van der Waals surface area contributed by atoms with Gasteiger partial charge in [0.25, 0.3) is 0 Å². The number of nitrogens with zero attached hydrogens (tertiary/aromatic N) is 1. The Morgan fingerprint density at radius 3 is 1.48 bits per heavy atom. The molecule has 1 aromatic rings. The molecule has 0 fully saturated rings. The Balaban J connectivity index is 3.68. The summed E-state index contributed by atoms with van der Waals surface area (Å²) >= 11 is 0. The predicted octanol–water partition coefficient (Wildman–Crippen LogP) is 5.91. The van der Waals surface area contributed by atoms with Crippen molar-refractivity contribution >= 4 is 18.3 Å². The molecule has 0 aliphatic heterocycles. The standard InChI is InChI=1S/C21H40NP/c1-11-18(12-2)23(20(3,4)5,21(6,7)8)19-15-13-17(14-16-19)22(9)10/h13-16,18,23H,11-12H2,1-10H3. The van der Waals surface area contributed by atoms with Crippen molar-refractivity contribution in [2.75, 3.05) is 19.0 Å². The summed E-state index contributed by atoms with van der Waals surface area (Å²) in [6.07, 6.45) is 2.57. The Morgan fingerprint density at radius 1 is 0.826 bits per heavy atom. The van der Waals surface area contributed by atoms with Crippen LogP contribution in [0.3, 0.4) is 0 Å². The normalized spacial score (nSPS) is 14.2. The minimum absolute atomic E-state index is 0.335. The van der Waals surface area contributed by atoms with Crippen molar-refractivity contribution in [3.05, 3.63) is 24.3 Å². The third-order valence-electron chi connectivity index (χ3n) is 5.80. The summed E-state index contributed by atoms with van der Waals surface area (Å²) in [5.74, 6) is 0. The van der Waals surface area contributed by atoms with E-state index in [1.165, 1.54) is 18.5 Å². The number of hydrogen-bond donors (Lipinski definition) is 0. The van der Waals surface area contributed by atoms with E-state index in [1.807, 2.05) is 0 Å². The summed E-state index contributed by atoms with van der Waals surface area (Å²) in [7, 11) is 2.46. The number of anilines is 1. The Labute approximate surface area is 146 Å². The van der Waals surface area contributed by atoms with Crippen LogP contribution in [0.25, 0.3) is 0 Å². The molecule has 0 atom stereocenters. The second-order valence-electron chi connectivity index (χ2n) is 9.26. The molecule has 0 amide bonds. The zero-order chi connectivity index (χ0) is 18.1. The van der Waals surface area contributed by atoms with Crippen molar-refractivity contribution in [3.63, 3.8) is 0 Å². The van der Waals surface area contributed by atoms with Gasteiger partial charge in [-0.2, -0.15) is 0 Å². The average molecular weight is 338 g/mol. The molecule has 0 saturated heterocycles. The fourth-order valence-electron chi connectivity index (χ4n) is 5.37. The first-order chi connectivity index (χ1) is 10.4. The van der Waals surface area contributed by atoms with Crippen LogP contribution in [0.1, 0.15) is 68.2 Å². The van der Waals surface area contributed by atoms with Gasteiger partial charge in [0.15, 0.2) is 0 Å². The molecule has 134 valence electrons. The van der Waals surface area contributed by atoms with Crippen LogP contribution in [0.2, 0.25) is 0 Å². The molecule has 0 radical (unpaired) electrons. The van der Waals surface area contributed by atoms with Gasteiger partial charge in [-0.15, -0.1) is 0 Å². The molecule has 0 aliphatic rings. The van der Waals surface area contributed by atoms with Crippen LogP contribution < -0.4 is 10.2 Å². The van der Waals surface area contributed by atoms with Crippen molar-refractivity contribution in [1.82, 2.24) is 0 Å². The summed E-state index contributed by atoms with van der Waals surface area (Å²) in [4.78, 5) is 2.19. The second-order valence-corrected chi connectivity index (χ2v) is 15.3. The maximum absolute atomic E-state index is 2.49. The monoisotopic (exact) mass is 337 g/mol. The predicted molar refractivity (Wildman–Crippen MR) is 113 cm³/mol. The third-order valence-corrected chi connectivity index (χ3v) is 13.8. The van der Waals surface area contributed by atoms with Crippen LogP contribution >= 0.6 is 7.26 Å². The molecule has 0 unspecified atom stereocenters. The van der Waals surface area contributed by atoms with Gasteiger partial charge < -0.3 is 0 Å². The van der Waals surface area contributed by atoms with Gasteiger partial charge in [-0.25, -0.2) is 0 Å². The molecule has 2 heteroatoms. The summed E-state index contributed by atoms with van der Waals surface area (Å²) in [5, 5.41) is 2.31. The van der Waals surface area contributed by atoms with Gasteiger partial charge in [0.05, 0.1) is 0 Å². The molecule has 1 aromatic carbocycles. The molecule has 23 heavy (non-hydrogen) atoms. The van der Waals surface area contributed by atoms with Gasteiger partial charge >= 0.3 is 146 Å². The third kappa shape index (κ3) is 3.60. The van der Waals surface area contributed by atoms with E-state index in [2.05, 4.69) is 98.7 Å². The quantitative estimate of drug-likeness (QED) is 0.603. The molecule has 1 rings (SSSR count). The molecule has 0 spiro atoms. The summed E-state index contributed by atoms with van der Waals surface area (Å²) in [6, 6.07) is 9.51. The molecule has 0 bridgehead atoms. The molecule has 0 heterocycles. The van der Waals surface area contributed by atoms with Crippen molar-refractivity contribution in [3.8, 4) is 0 Å². The van der Waals surface area contributed by atoms with E-state index in [0.29, 0.717) is 10.3 Å². The number of rotatable bonds is 5. The number of hydrogen-bond acceptors (Lipinski definition) is 1. The molecular formula is C21H40NP. The van der Waals surface area contributed by atoms with Crippen molar-refractivity contribution in [2.45, 2.75) is 84.2 Å². The van der Waals surface area contributed by atoms with Crippen LogP contribution in [0.5, 0.6) is 0 Å². The Kier molecular flexibility index (Phi) is 6.36. The van der Waals surface area contributed by atoms with Gasteiger partial charge in [0.1, 0.15) is 0 Å². The first kappa shape index (κ1) is 20.5. The first-order valence-electron chi connectivity index (χ1n) is 9.21. The molecule has 0 aliphatic carbocycles. The zero-order valence-corrected chi connectivity index (χ0v) is 18.2. The fraction of sp³-hybridized carbons (Fsp3) is 0.714. The molecule has 1 nitrogen and oxygen atoms in total. The molecular weight excluding hydrogens is 297 g/mol. The van der Waals surface area contributed by atoms with Crippen molar-refractivity contribution < 1.29 is 0 Å². The molecule has 0 aromatic heterocycles. The summed E-state index contributed by atoms with van der Waals surface area (Å²) < 4.78 is 0. The fourth-order valence-corrected chi connectivity index (χ4v) is 14.2. The van der Waals surface area contributed by atoms with Gasteiger partial charge in [-0.05, 0) is 0 Å².